The Morgan fingerprint density at radius 2 is 1.71 bits per heavy atom. The zero-order valence-corrected chi connectivity index (χ0v) is 17.6. The van der Waals surface area contributed by atoms with Crippen LogP contribution in [0, 0.1) is 6.92 Å². The van der Waals surface area contributed by atoms with Gasteiger partial charge in [0.15, 0.2) is 0 Å². The third-order valence-electron chi connectivity index (χ3n) is 5.98. The molecule has 1 saturated heterocycles. The van der Waals surface area contributed by atoms with Crippen LogP contribution in [0.2, 0.25) is 0 Å². The smallest absolute Gasteiger partial charge is 0.227 e. The number of aryl methyl sites for hydroxylation is 1. The molecule has 0 N–H and O–H groups in total. The number of hydrogen-bond acceptors (Lipinski definition) is 2. The molecule has 4 aromatic rings. The summed E-state index contributed by atoms with van der Waals surface area (Å²) in [5, 5.41) is 0. The van der Waals surface area contributed by atoms with Crippen LogP contribution in [0.4, 0.5) is 5.69 Å². The van der Waals surface area contributed by atoms with Crippen molar-refractivity contribution in [3.05, 3.63) is 102 Å². The number of hydrogen-bond donors (Lipinski definition) is 0. The van der Waals surface area contributed by atoms with E-state index in [0.717, 1.165) is 34.7 Å². The lowest BCUT2D eigenvalue weighted by Gasteiger charge is -2.19. The number of anilines is 1. The molecule has 5 rings (SSSR count). The molecule has 154 valence electrons. The summed E-state index contributed by atoms with van der Waals surface area (Å²) in [5.41, 5.74) is 5.39. The predicted molar refractivity (Wildman–Crippen MR) is 126 cm³/mol. The van der Waals surface area contributed by atoms with Crippen LogP contribution in [-0.4, -0.2) is 22.0 Å². The summed E-state index contributed by atoms with van der Waals surface area (Å²) in [4.78, 5) is 19.8. The Morgan fingerprint density at radius 1 is 0.968 bits per heavy atom. The van der Waals surface area contributed by atoms with Crippen molar-refractivity contribution in [1.82, 2.24) is 9.55 Å². The first-order valence-corrected chi connectivity index (χ1v) is 10.7. The minimum atomic E-state index is 0.0737. The molecular formula is C27H25N3O. The van der Waals surface area contributed by atoms with Crippen molar-refractivity contribution >= 4 is 28.7 Å². The van der Waals surface area contributed by atoms with Crippen LogP contribution >= 0.6 is 0 Å². The molecule has 0 radical (unpaired) electrons. The van der Waals surface area contributed by atoms with Gasteiger partial charge in [0, 0.05) is 31.1 Å². The van der Waals surface area contributed by atoms with Crippen molar-refractivity contribution < 1.29 is 4.79 Å². The number of nitrogens with zero attached hydrogens (tertiary/aromatic N) is 3. The van der Waals surface area contributed by atoms with Crippen molar-refractivity contribution in [2.75, 3.05) is 11.4 Å². The molecule has 1 unspecified atom stereocenters. The predicted octanol–water partition coefficient (Wildman–Crippen LogP) is 5.58. The molecule has 0 saturated carbocycles. The number of para-hydroxylation sites is 3. The first-order valence-electron chi connectivity index (χ1n) is 10.7. The van der Waals surface area contributed by atoms with Crippen molar-refractivity contribution in [2.45, 2.75) is 25.8 Å². The number of carbonyl (C=O) groups is 1. The van der Waals surface area contributed by atoms with E-state index in [-0.39, 0.29) is 11.8 Å². The number of benzene rings is 3. The molecule has 4 heteroatoms. The standard InChI is InChI=1S/C27H25N3O/c1-20-10-5-7-15-24(20)30-19-22(18-26(30)31)27-28-23-14-6-8-16-25(23)29(27)17-9-13-21-11-3-2-4-12-21/h2-16,22H,17-19H2,1H3/b13-9+. The minimum Gasteiger partial charge on any atom is -0.324 e. The second kappa shape index (κ2) is 8.23. The molecule has 1 aliphatic heterocycles. The van der Waals surface area contributed by atoms with E-state index in [2.05, 4.69) is 47.9 Å². The van der Waals surface area contributed by atoms with Gasteiger partial charge in [-0.25, -0.2) is 4.98 Å². The number of imidazole rings is 1. The largest absolute Gasteiger partial charge is 0.324 e. The zero-order valence-electron chi connectivity index (χ0n) is 17.6. The van der Waals surface area contributed by atoms with Gasteiger partial charge in [-0.3, -0.25) is 4.79 Å². The summed E-state index contributed by atoms with van der Waals surface area (Å²) in [7, 11) is 0. The van der Waals surface area contributed by atoms with Gasteiger partial charge in [0.2, 0.25) is 5.91 Å². The third-order valence-corrected chi connectivity index (χ3v) is 5.98. The zero-order chi connectivity index (χ0) is 21.2. The van der Waals surface area contributed by atoms with E-state index in [0.29, 0.717) is 13.0 Å². The monoisotopic (exact) mass is 407 g/mol. The third kappa shape index (κ3) is 3.77. The molecule has 1 aliphatic rings. The van der Waals surface area contributed by atoms with Crippen LogP contribution in [0.15, 0.2) is 84.9 Å². The average Bonchev–Trinajstić information content (AvgIpc) is 3.35. The van der Waals surface area contributed by atoms with E-state index in [1.54, 1.807) is 0 Å². The van der Waals surface area contributed by atoms with Gasteiger partial charge in [0.1, 0.15) is 5.82 Å². The summed E-state index contributed by atoms with van der Waals surface area (Å²) >= 11 is 0. The Labute approximate surface area is 182 Å². The number of amides is 1. The van der Waals surface area contributed by atoms with Crippen molar-refractivity contribution in [3.8, 4) is 0 Å². The fourth-order valence-electron chi connectivity index (χ4n) is 4.44. The van der Waals surface area contributed by atoms with Gasteiger partial charge in [-0.2, -0.15) is 0 Å². The Bertz CT molecular complexity index is 1260. The minimum absolute atomic E-state index is 0.0737. The summed E-state index contributed by atoms with van der Waals surface area (Å²) in [6, 6.07) is 26.6. The Balaban J connectivity index is 1.47. The highest BCUT2D eigenvalue weighted by atomic mass is 16.2. The first-order chi connectivity index (χ1) is 15.2. The van der Waals surface area contributed by atoms with Gasteiger partial charge in [0.05, 0.1) is 11.0 Å². The van der Waals surface area contributed by atoms with Crippen LogP contribution < -0.4 is 4.90 Å². The highest BCUT2D eigenvalue weighted by molar-refractivity contribution is 5.97. The molecule has 0 aliphatic carbocycles. The van der Waals surface area contributed by atoms with Crippen molar-refractivity contribution in [2.24, 2.45) is 0 Å². The highest BCUT2D eigenvalue weighted by Crippen LogP contribution is 2.34. The Hall–Kier alpha value is -3.66. The molecule has 2 heterocycles. The lowest BCUT2D eigenvalue weighted by atomic mass is 10.1. The van der Waals surface area contributed by atoms with E-state index in [4.69, 9.17) is 4.98 Å². The molecule has 0 spiro atoms. The summed E-state index contributed by atoms with van der Waals surface area (Å²) in [6.07, 6.45) is 4.79. The molecule has 0 bridgehead atoms. The van der Waals surface area contributed by atoms with Crippen molar-refractivity contribution in [3.63, 3.8) is 0 Å². The molecule has 1 fully saturated rings. The lowest BCUT2D eigenvalue weighted by Crippen LogP contribution is -2.25. The van der Waals surface area contributed by atoms with Gasteiger partial charge in [-0.05, 0) is 36.2 Å². The van der Waals surface area contributed by atoms with Gasteiger partial charge < -0.3 is 9.47 Å². The van der Waals surface area contributed by atoms with Gasteiger partial charge in [-0.15, -0.1) is 0 Å². The van der Waals surface area contributed by atoms with E-state index >= 15 is 0 Å². The number of rotatable bonds is 5. The lowest BCUT2D eigenvalue weighted by molar-refractivity contribution is -0.117. The summed E-state index contributed by atoms with van der Waals surface area (Å²) in [6.45, 7) is 3.44. The number of fused-ring (bicyclic) bond motifs is 1. The fourth-order valence-corrected chi connectivity index (χ4v) is 4.44. The molecule has 4 nitrogen and oxygen atoms in total. The molecule has 1 aromatic heterocycles. The normalized spacial score (nSPS) is 16.6. The Morgan fingerprint density at radius 3 is 2.55 bits per heavy atom. The second-order valence-corrected chi connectivity index (χ2v) is 8.07. The molecule has 1 atom stereocenters. The number of carbonyl (C=O) groups excluding carboxylic acids is 1. The highest BCUT2D eigenvalue weighted by Gasteiger charge is 2.35. The maximum absolute atomic E-state index is 12.9. The maximum Gasteiger partial charge on any atom is 0.227 e. The maximum atomic E-state index is 12.9. The topological polar surface area (TPSA) is 38.1 Å². The molecule has 1 amide bonds. The SMILES string of the molecule is Cc1ccccc1N1CC(c2nc3ccccc3n2C/C=C/c2ccccc2)CC1=O. The van der Waals surface area contributed by atoms with Gasteiger partial charge in [-0.1, -0.05) is 72.8 Å². The Kier molecular flexibility index (Phi) is 5.13. The molecule has 31 heavy (non-hydrogen) atoms. The van der Waals surface area contributed by atoms with Gasteiger partial charge >= 0.3 is 0 Å². The van der Waals surface area contributed by atoms with Crippen LogP contribution in [0.25, 0.3) is 17.1 Å². The molecular weight excluding hydrogens is 382 g/mol. The van der Waals surface area contributed by atoms with Crippen LogP contribution in [-0.2, 0) is 11.3 Å². The van der Waals surface area contributed by atoms with Crippen LogP contribution in [0.3, 0.4) is 0 Å². The number of aromatic nitrogens is 2. The first kappa shape index (κ1) is 19.3. The summed E-state index contributed by atoms with van der Waals surface area (Å²) in [5.74, 6) is 1.23. The van der Waals surface area contributed by atoms with E-state index in [1.165, 1.54) is 5.56 Å². The second-order valence-electron chi connectivity index (χ2n) is 8.07. The van der Waals surface area contributed by atoms with E-state index in [9.17, 15) is 4.79 Å². The van der Waals surface area contributed by atoms with E-state index < -0.39 is 0 Å². The summed E-state index contributed by atoms with van der Waals surface area (Å²) < 4.78 is 2.26. The van der Waals surface area contributed by atoms with Crippen LogP contribution in [0.5, 0.6) is 0 Å². The van der Waals surface area contributed by atoms with E-state index in [1.807, 2.05) is 59.5 Å². The van der Waals surface area contributed by atoms with Crippen LogP contribution in [0.1, 0.15) is 29.3 Å². The number of allylic oxidation sites excluding steroid dienone is 1. The van der Waals surface area contributed by atoms with Gasteiger partial charge in [0.25, 0.3) is 0 Å². The van der Waals surface area contributed by atoms with Crippen molar-refractivity contribution in [1.29, 1.82) is 0 Å². The molecule has 3 aromatic carbocycles. The average molecular weight is 408 g/mol. The fraction of sp³-hybridized carbons (Fsp3) is 0.185. The quantitative estimate of drug-likeness (QED) is 0.433.